The maximum atomic E-state index is 13.7. The van der Waals surface area contributed by atoms with Gasteiger partial charge in [-0.05, 0) is 94.6 Å². The van der Waals surface area contributed by atoms with Gasteiger partial charge in [0.1, 0.15) is 5.00 Å². The molecule has 1 aliphatic carbocycles. The Labute approximate surface area is 232 Å². The number of amides is 1. The van der Waals surface area contributed by atoms with Gasteiger partial charge in [-0.1, -0.05) is 35.9 Å². The molecule has 0 unspecified atom stereocenters. The van der Waals surface area contributed by atoms with Crippen LogP contribution in [0, 0.1) is 20.8 Å². The summed E-state index contributed by atoms with van der Waals surface area (Å²) in [5.74, 6) is -0.0510. The molecule has 0 bridgehead atoms. The highest BCUT2D eigenvalue weighted by atomic mass is 32.1. The summed E-state index contributed by atoms with van der Waals surface area (Å²) in [5, 5.41) is 12.0. The number of aryl methyl sites for hydroxylation is 3. The molecule has 0 spiro atoms. The zero-order valence-electron chi connectivity index (χ0n) is 21.8. The molecule has 194 valence electrons. The minimum atomic E-state index is -0.0510. The highest BCUT2D eigenvalue weighted by Gasteiger charge is 2.28. The maximum absolute atomic E-state index is 13.7. The van der Waals surface area contributed by atoms with Crippen molar-refractivity contribution in [1.29, 1.82) is 0 Å². The molecule has 0 radical (unpaired) electrons. The van der Waals surface area contributed by atoms with E-state index in [4.69, 9.17) is 12.2 Å². The van der Waals surface area contributed by atoms with E-state index in [1.54, 1.807) is 17.6 Å². The smallest absolute Gasteiger partial charge is 0.258 e. The second-order valence-electron chi connectivity index (χ2n) is 9.56. The largest absolute Gasteiger partial charge is 0.331 e. The third-order valence-electron chi connectivity index (χ3n) is 6.76. The third kappa shape index (κ3) is 5.56. The van der Waals surface area contributed by atoms with Gasteiger partial charge < -0.3 is 15.2 Å². The minimum Gasteiger partial charge on any atom is -0.331 e. The Morgan fingerprint density at radius 1 is 0.974 bits per heavy atom. The lowest BCUT2D eigenvalue weighted by atomic mass is 9.95. The van der Waals surface area contributed by atoms with E-state index in [1.165, 1.54) is 10.4 Å². The first-order chi connectivity index (χ1) is 18.4. The number of hydrogen-bond acceptors (Lipinski definition) is 4. The summed E-state index contributed by atoms with van der Waals surface area (Å²) in [6, 6.07) is 19.8. The van der Waals surface area contributed by atoms with Crippen LogP contribution in [-0.2, 0) is 12.8 Å². The number of carbonyl (C=O) groups is 1. The van der Waals surface area contributed by atoms with E-state index < -0.39 is 0 Å². The summed E-state index contributed by atoms with van der Waals surface area (Å²) in [5.41, 5.74) is 10.8. The average Bonchev–Trinajstić information content (AvgIpc) is 3.42. The first-order valence-corrected chi connectivity index (χ1v) is 14.0. The number of anilines is 2. The molecule has 0 atom stereocenters. The van der Waals surface area contributed by atoms with Crippen molar-refractivity contribution in [2.24, 2.45) is 5.10 Å². The Balaban J connectivity index is 1.42. The second-order valence-corrected chi connectivity index (χ2v) is 11.1. The Kier molecular flexibility index (Phi) is 7.72. The van der Waals surface area contributed by atoms with Gasteiger partial charge in [0.25, 0.3) is 5.91 Å². The molecular formula is C30H31N5OS2. The van der Waals surface area contributed by atoms with E-state index in [0.717, 1.165) is 70.1 Å². The van der Waals surface area contributed by atoms with Gasteiger partial charge in [0, 0.05) is 33.2 Å². The Hall–Kier alpha value is -3.75. The summed E-state index contributed by atoms with van der Waals surface area (Å²) in [7, 11) is 0. The maximum Gasteiger partial charge on any atom is 0.258 e. The van der Waals surface area contributed by atoms with Crippen molar-refractivity contribution in [3.8, 4) is 5.00 Å². The monoisotopic (exact) mass is 541 g/mol. The minimum absolute atomic E-state index is 0.0510. The molecule has 3 N–H and O–H groups in total. The third-order valence-corrected chi connectivity index (χ3v) is 8.23. The molecule has 0 saturated heterocycles. The summed E-state index contributed by atoms with van der Waals surface area (Å²) in [6.45, 7) is 6.18. The van der Waals surface area contributed by atoms with Crippen molar-refractivity contribution in [3.05, 3.63) is 99.2 Å². The number of carbonyl (C=O) groups excluding carboxylic acids is 1. The number of thiocarbonyl (C=S) groups is 1. The number of hydrazone groups is 1. The van der Waals surface area contributed by atoms with Gasteiger partial charge in [-0.3, -0.25) is 10.2 Å². The molecule has 1 aliphatic rings. The molecule has 8 heteroatoms. The van der Waals surface area contributed by atoms with Crippen LogP contribution >= 0.6 is 23.6 Å². The number of thiophene rings is 1. The SMILES string of the molecule is Cc1ccc(NC(=O)c2c(-n3c(C)cc(/C=N/NC(=S)Nc4ccccc4)c3C)sc3c2CCCC3)cc1. The first-order valence-electron chi connectivity index (χ1n) is 12.8. The van der Waals surface area contributed by atoms with Gasteiger partial charge in [-0.2, -0.15) is 5.10 Å². The van der Waals surface area contributed by atoms with E-state index in [0.29, 0.717) is 5.11 Å². The lowest BCUT2D eigenvalue weighted by molar-refractivity contribution is 0.102. The molecule has 2 aromatic heterocycles. The van der Waals surface area contributed by atoms with E-state index in [2.05, 4.69) is 45.6 Å². The van der Waals surface area contributed by atoms with Gasteiger partial charge in [0.2, 0.25) is 0 Å². The van der Waals surface area contributed by atoms with Gasteiger partial charge in [-0.25, -0.2) is 0 Å². The lowest BCUT2D eigenvalue weighted by Gasteiger charge is -2.14. The Morgan fingerprint density at radius 3 is 2.45 bits per heavy atom. The van der Waals surface area contributed by atoms with E-state index in [1.807, 2.05) is 61.5 Å². The van der Waals surface area contributed by atoms with Crippen LogP contribution in [0.15, 0.2) is 65.8 Å². The number of fused-ring (bicyclic) bond motifs is 1. The molecule has 2 heterocycles. The molecule has 1 amide bonds. The van der Waals surface area contributed by atoms with E-state index >= 15 is 0 Å². The summed E-state index contributed by atoms with van der Waals surface area (Å²) < 4.78 is 2.19. The summed E-state index contributed by atoms with van der Waals surface area (Å²) >= 11 is 7.10. The standard InChI is InChI=1S/C30H31N5OS2/c1-19-13-15-24(16-14-19)32-28(36)27-25-11-7-8-12-26(25)38-29(27)35-20(2)17-22(21(35)3)18-31-34-30(37)33-23-9-5-4-6-10-23/h4-6,9-10,13-18H,7-8,11-12H2,1-3H3,(H,32,36)(H2,33,34,37)/b31-18+. The van der Waals surface area contributed by atoms with Crippen LogP contribution in [0.3, 0.4) is 0 Å². The van der Waals surface area contributed by atoms with Crippen molar-refractivity contribution in [2.45, 2.75) is 46.5 Å². The van der Waals surface area contributed by atoms with Gasteiger partial charge in [0.05, 0.1) is 11.8 Å². The predicted molar refractivity (Wildman–Crippen MR) is 162 cm³/mol. The lowest BCUT2D eigenvalue weighted by Crippen LogP contribution is -2.23. The molecular weight excluding hydrogens is 510 g/mol. The number of benzene rings is 2. The topological polar surface area (TPSA) is 70.5 Å². The van der Waals surface area contributed by atoms with Gasteiger partial charge >= 0.3 is 0 Å². The van der Waals surface area contributed by atoms with Crippen LogP contribution in [0.2, 0.25) is 0 Å². The Morgan fingerprint density at radius 2 is 1.68 bits per heavy atom. The van der Waals surface area contributed by atoms with Crippen LogP contribution in [0.25, 0.3) is 5.00 Å². The number of aromatic nitrogens is 1. The Bertz CT molecular complexity index is 1500. The number of nitrogens with one attached hydrogen (secondary N) is 3. The number of rotatable bonds is 6. The number of hydrogen-bond donors (Lipinski definition) is 3. The van der Waals surface area contributed by atoms with Crippen LogP contribution in [-0.4, -0.2) is 21.8 Å². The fraction of sp³-hybridized carbons (Fsp3) is 0.233. The van der Waals surface area contributed by atoms with Crippen LogP contribution in [0.4, 0.5) is 11.4 Å². The molecule has 38 heavy (non-hydrogen) atoms. The van der Waals surface area contributed by atoms with Crippen molar-refractivity contribution in [1.82, 2.24) is 9.99 Å². The van der Waals surface area contributed by atoms with Crippen molar-refractivity contribution >= 4 is 52.2 Å². The van der Waals surface area contributed by atoms with Gasteiger partial charge in [-0.15, -0.1) is 11.3 Å². The van der Waals surface area contributed by atoms with Gasteiger partial charge in [0.15, 0.2) is 5.11 Å². The number of nitrogens with zero attached hydrogens (tertiary/aromatic N) is 2. The molecule has 2 aromatic carbocycles. The highest BCUT2D eigenvalue weighted by Crippen LogP contribution is 2.39. The van der Waals surface area contributed by atoms with E-state index in [9.17, 15) is 4.79 Å². The van der Waals surface area contributed by atoms with Crippen molar-refractivity contribution in [3.63, 3.8) is 0 Å². The average molecular weight is 542 g/mol. The highest BCUT2D eigenvalue weighted by molar-refractivity contribution is 7.80. The van der Waals surface area contributed by atoms with Crippen LogP contribution < -0.4 is 16.1 Å². The molecule has 0 aliphatic heterocycles. The van der Waals surface area contributed by atoms with Crippen LogP contribution in [0.1, 0.15) is 56.2 Å². The van der Waals surface area contributed by atoms with Crippen molar-refractivity contribution in [2.75, 3.05) is 10.6 Å². The van der Waals surface area contributed by atoms with Crippen LogP contribution in [0.5, 0.6) is 0 Å². The molecule has 5 rings (SSSR count). The normalized spacial score (nSPS) is 12.8. The molecule has 4 aromatic rings. The molecule has 0 fully saturated rings. The first kappa shape index (κ1) is 25.9. The van der Waals surface area contributed by atoms with E-state index in [-0.39, 0.29) is 5.91 Å². The fourth-order valence-electron chi connectivity index (χ4n) is 4.85. The summed E-state index contributed by atoms with van der Waals surface area (Å²) in [6.07, 6.45) is 6.01. The summed E-state index contributed by atoms with van der Waals surface area (Å²) in [4.78, 5) is 15.0. The second kappa shape index (κ2) is 11.3. The zero-order valence-corrected chi connectivity index (χ0v) is 23.4. The quantitative estimate of drug-likeness (QED) is 0.141. The predicted octanol–water partition coefficient (Wildman–Crippen LogP) is 6.92. The molecule has 0 saturated carbocycles. The zero-order chi connectivity index (χ0) is 26.6. The van der Waals surface area contributed by atoms with Crippen molar-refractivity contribution < 1.29 is 4.79 Å². The fourth-order valence-corrected chi connectivity index (χ4v) is 6.51. The number of para-hydroxylation sites is 1. The molecule has 6 nitrogen and oxygen atoms in total.